The average Bonchev–Trinajstić information content (AvgIpc) is 3.29. The number of urea groups is 1. The maximum absolute atomic E-state index is 13.6. The van der Waals surface area contributed by atoms with Gasteiger partial charge in [0.2, 0.25) is 0 Å². The van der Waals surface area contributed by atoms with Crippen LogP contribution in [-0.4, -0.2) is 55.2 Å². The van der Waals surface area contributed by atoms with Gasteiger partial charge in [-0.2, -0.15) is 0 Å². The van der Waals surface area contributed by atoms with Gasteiger partial charge in [0.25, 0.3) is 0 Å². The molecule has 5 atom stereocenters. The summed E-state index contributed by atoms with van der Waals surface area (Å²) in [7, 11) is 0. The number of hydrogen-bond acceptors (Lipinski definition) is 3. The second-order valence-electron chi connectivity index (χ2n) is 8.34. The lowest BCUT2D eigenvalue weighted by Crippen LogP contribution is -2.48. The van der Waals surface area contributed by atoms with Crippen LogP contribution in [0.15, 0.2) is 24.3 Å². The molecule has 160 valence electrons. The number of ether oxygens (including phenoxy) is 1. The minimum atomic E-state index is -4.72. The van der Waals surface area contributed by atoms with Crippen molar-refractivity contribution in [2.24, 2.45) is 11.8 Å². The van der Waals surface area contributed by atoms with Gasteiger partial charge in [0, 0.05) is 49.3 Å². The Labute approximate surface area is 167 Å². The van der Waals surface area contributed by atoms with Gasteiger partial charge in [0.1, 0.15) is 11.9 Å². The van der Waals surface area contributed by atoms with E-state index < -0.39 is 12.5 Å². The fourth-order valence-electron chi connectivity index (χ4n) is 5.02. The third-order valence-electron chi connectivity index (χ3n) is 6.37. The normalized spacial score (nSPS) is 31.8. The van der Waals surface area contributed by atoms with E-state index >= 15 is 0 Å². The summed E-state index contributed by atoms with van der Waals surface area (Å²) in [5.74, 6) is 0.364. The van der Waals surface area contributed by atoms with E-state index in [2.05, 4.69) is 10.1 Å². The van der Waals surface area contributed by atoms with Crippen LogP contribution in [0.25, 0.3) is 0 Å². The van der Waals surface area contributed by atoms with Gasteiger partial charge < -0.3 is 19.9 Å². The molecule has 2 amide bonds. The number of carbonyl (C=O) groups is 1. The van der Waals surface area contributed by atoms with Crippen molar-refractivity contribution >= 4 is 11.7 Å². The molecule has 2 saturated heterocycles. The fourth-order valence-corrected chi connectivity index (χ4v) is 5.02. The Morgan fingerprint density at radius 2 is 2.00 bits per heavy atom. The van der Waals surface area contributed by atoms with Crippen LogP contribution >= 0.6 is 0 Å². The first-order valence-electron chi connectivity index (χ1n) is 10.0. The summed E-state index contributed by atoms with van der Waals surface area (Å²) in [6, 6.07) is 5.66. The molecule has 1 aromatic carbocycles. The van der Waals surface area contributed by atoms with Gasteiger partial charge in [-0.1, -0.05) is 6.07 Å². The number of carbonyl (C=O) groups excluding carboxylic acids is 1. The highest BCUT2D eigenvalue weighted by atomic mass is 19.4. The largest absolute Gasteiger partial charge is 0.573 e. The lowest BCUT2D eigenvalue weighted by Gasteiger charge is -2.27. The third kappa shape index (κ3) is 4.38. The van der Waals surface area contributed by atoms with Crippen molar-refractivity contribution in [3.05, 3.63) is 24.3 Å². The van der Waals surface area contributed by atoms with E-state index in [9.17, 15) is 22.4 Å². The summed E-state index contributed by atoms with van der Waals surface area (Å²) in [6.45, 7) is 3.38. The highest BCUT2D eigenvalue weighted by molar-refractivity contribution is 5.75. The Morgan fingerprint density at radius 1 is 1.21 bits per heavy atom. The summed E-state index contributed by atoms with van der Waals surface area (Å²) in [4.78, 5) is 16.2. The standard InChI is InChI=1S/C20H25F4N3O2/c1-12-7-14(21)10-27(12)19(28)25-18-6-5-13-9-26(11-17(13)18)15-3-2-4-16(8-15)29-20(22,23)24/h2-4,8,12-14,17-18H,5-7,9-11H2,1H3,(H,25,28)/t12?,13-,14-,17+,18+/m1/s1. The van der Waals surface area contributed by atoms with E-state index in [1.807, 2.05) is 11.8 Å². The number of amides is 2. The van der Waals surface area contributed by atoms with Gasteiger partial charge in [0.05, 0.1) is 6.54 Å². The molecule has 1 aromatic rings. The molecule has 1 unspecified atom stereocenters. The number of halogens is 4. The van der Waals surface area contributed by atoms with E-state index in [0.29, 0.717) is 24.6 Å². The number of alkyl halides is 4. The quantitative estimate of drug-likeness (QED) is 0.761. The molecule has 3 aliphatic rings. The lowest BCUT2D eigenvalue weighted by atomic mass is 9.98. The molecule has 4 rings (SSSR count). The predicted molar refractivity (Wildman–Crippen MR) is 99.6 cm³/mol. The lowest BCUT2D eigenvalue weighted by molar-refractivity contribution is -0.274. The second kappa shape index (κ2) is 7.57. The number of likely N-dealkylation sites (tertiary alicyclic amines) is 1. The first-order valence-corrected chi connectivity index (χ1v) is 10.0. The van der Waals surface area contributed by atoms with Crippen LogP contribution in [0.2, 0.25) is 0 Å². The van der Waals surface area contributed by atoms with Crippen LogP contribution in [0.4, 0.5) is 28.0 Å². The number of hydrogen-bond donors (Lipinski definition) is 1. The van der Waals surface area contributed by atoms with Gasteiger partial charge in [-0.25, -0.2) is 9.18 Å². The number of nitrogens with zero attached hydrogens (tertiary/aromatic N) is 2. The minimum absolute atomic E-state index is 0.00188. The molecule has 9 heteroatoms. The molecular weight excluding hydrogens is 390 g/mol. The van der Waals surface area contributed by atoms with E-state index in [1.54, 1.807) is 17.0 Å². The van der Waals surface area contributed by atoms with E-state index in [-0.39, 0.29) is 36.3 Å². The molecule has 1 N–H and O–H groups in total. The first-order chi connectivity index (χ1) is 13.7. The number of rotatable bonds is 3. The molecule has 29 heavy (non-hydrogen) atoms. The maximum atomic E-state index is 13.6. The van der Waals surface area contributed by atoms with Crippen molar-refractivity contribution < 1.29 is 27.1 Å². The summed E-state index contributed by atoms with van der Waals surface area (Å²) in [6.07, 6.45) is -3.51. The van der Waals surface area contributed by atoms with Crippen molar-refractivity contribution in [2.75, 3.05) is 24.5 Å². The number of anilines is 1. The number of benzene rings is 1. The van der Waals surface area contributed by atoms with Crippen LogP contribution in [0.5, 0.6) is 5.75 Å². The molecular formula is C20H25F4N3O2. The van der Waals surface area contributed by atoms with Crippen LogP contribution in [0.3, 0.4) is 0 Å². The smallest absolute Gasteiger partial charge is 0.406 e. The van der Waals surface area contributed by atoms with Crippen LogP contribution in [0, 0.1) is 11.8 Å². The van der Waals surface area contributed by atoms with Gasteiger partial charge in [0.15, 0.2) is 0 Å². The maximum Gasteiger partial charge on any atom is 0.573 e. The van der Waals surface area contributed by atoms with Crippen molar-refractivity contribution in [3.63, 3.8) is 0 Å². The van der Waals surface area contributed by atoms with Crippen molar-refractivity contribution in [1.82, 2.24) is 10.2 Å². The Hall–Kier alpha value is -2.19. The molecule has 0 bridgehead atoms. The fraction of sp³-hybridized carbons (Fsp3) is 0.650. The summed E-state index contributed by atoms with van der Waals surface area (Å²) >= 11 is 0. The highest BCUT2D eigenvalue weighted by Crippen LogP contribution is 2.41. The molecule has 0 radical (unpaired) electrons. The van der Waals surface area contributed by atoms with Crippen molar-refractivity contribution in [3.8, 4) is 5.75 Å². The summed E-state index contributed by atoms with van der Waals surface area (Å²) < 4.78 is 55.1. The van der Waals surface area contributed by atoms with Gasteiger partial charge in [-0.3, -0.25) is 0 Å². The third-order valence-corrected chi connectivity index (χ3v) is 6.37. The van der Waals surface area contributed by atoms with Gasteiger partial charge in [-0.05, 0) is 37.8 Å². The summed E-state index contributed by atoms with van der Waals surface area (Å²) in [5.41, 5.74) is 0.680. The zero-order valence-electron chi connectivity index (χ0n) is 16.2. The Kier molecular flexibility index (Phi) is 5.25. The second-order valence-corrected chi connectivity index (χ2v) is 8.34. The van der Waals surface area contributed by atoms with Gasteiger partial charge in [-0.15, -0.1) is 13.2 Å². The van der Waals surface area contributed by atoms with Crippen LogP contribution in [0.1, 0.15) is 26.2 Å². The van der Waals surface area contributed by atoms with Crippen LogP contribution in [-0.2, 0) is 0 Å². The summed E-state index contributed by atoms with van der Waals surface area (Å²) in [5, 5.41) is 3.08. The molecule has 2 aliphatic heterocycles. The molecule has 1 aliphatic carbocycles. The zero-order valence-corrected chi connectivity index (χ0v) is 16.2. The molecule has 1 saturated carbocycles. The monoisotopic (exact) mass is 415 g/mol. The van der Waals surface area contributed by atoms with Crippen molar-refractivity contribution in [1.29, 1.82) is 0 Å². The van der Waals surface area contributed by atoms with Gasteiger partial charge >= 0.3 is 12.4 Å². The Balaban J connectivity index is 1.39. The average molecular weight is 415 g/mol. The Bertz CT molecular complexity index is 759. The molecule has 3 fully saturated rings. The number of fused-ring (bicyclic) bond motifs is 1. The van der Waals surface area contributed by atoms with E-state index in [4.69, 9.17) is 0 Å². The minimum Gasteiger partial charge on any atom is -0.406 e. The zero-order chi connectivity index (χ0) is 20.8. The predicted octanol–water partition coefficient (Wildman–Crippen LogP) is 3.94. The van der Waals surface area contributed by atoms with Crippen LogP contribution < -0.4 is 15.0 Å². The molecule has 5 nitrogen and oxygen atoms in total. The van der Waals surface area contributed by atoms with E-state index in [0.717, 1.165) is 19.4 Å². The number of nitrogens with one attached hydrogen (secondary N) is 1. The topological polar surface area (TPSA) is 44.8 Å². The van der Waals surface area contributed by atoms with E-state index in [1.165, 1.54) is 12.1 Å². The highest BCUT2D eigenvalue weighted by Gasteiger charge is 2.44. The molecule has 2 heterocycles. The Morgan fingerprint density at radius 3 is 2.69 bits per heavy atom. The first kappa shape index (κ1) is 20.1. The SMILES string of the molecule is CC1C[C@@H](F)CN1C(=O)N[C@H]1CC[C@@H]2CN(c3cccc(OC(F)(F)F)c3)C[C@@H]21. The molecule has 0 spiro atoms. The molecule has 0 aromatic heterocycles. The van der Waals surface area contributed by atoms with Crippen molar-refractivity contribution in [2.45, 2.75) is 50.8 Å².